The van der Waals surface area contributed by atoms with Crippen molar-refractivity contribution >= 4 is 11.6 Å². The monoisotopic (exact) mass is 154 g/mol. The Kier molecular flexibility index (Phi) is 2.10. The lowest BCUT2D eigenvalue weighted by molar-refractivity contribution is 0.818. The van der Waals surface area contributed by atoms with E-state index in [-0.39, 0.29) is 6.04 Å². The van der Waals surface area contributed by atoms with Gasteiger partial charge in [-0.15, -0.1) is 0 Å². The van der Waals surface area contributed by atoms with Gasteiger partial charge in [0.2, 0.25) is 0 Å². The summed E-state index contributed by atoms with van der Waals surface area (Å²) in [6.45, 7) is 0. The van der Waals surface area contributed by atoms with Crippen molar-refractivity contribution in [1.29, 1.82) is 5.26 Å². The van der Waals surface area contributed by atoms with Gasteiger partial charge in [0.05, 0.1) is 10.6 Å². The number of hydrogen-bond donors (Lipinski definition) is 1. The highest BCUT2D eigenvalue weighted by molar-refractivity contribution is 6.32. The molecule has 0 aromatic heterocycles. The van der Waals surface area contributed by atoms with Crippen molar-refractivity contribution < 1.29 is 0 Å². The van der Waals surface area contributed by atoms with E-state index in [1.807, 2.05) is 6.07 Å². The van der Waals surface area contributed by atoms with Gasteiger partial charge < -0.3 is 5.73 Å². The summed E-state index contributed by atoms with van der Waals surface area (Å²) < 4.78 is 0. The quantitative estimate of drug-likeness (QED) is 0.572. The van der Waals surface area contributed by atoms with Crippen molar-refractivity contribution in [2.75, 3.05) is 0 Å². The fourth-order valence-corrected chi connectivity index (χ4v) is 0.996. The van der Waals surface area contributed by atoms with Crippen LogP contribution in [0.15, 0.2) is 22.8 Å². The van der Waals surface area contributed by atoms with Crippen molar-refractivity contribution in [2.24, 2.45) is 5.73 Å². The van der Waals surface area contributed by atoms with Gasteiger partial charge in [0.25, 0.3) is 0 Å². The van der Waals surface area contributed by atoms with Gasteiger partial charge in [0, 0.05) is 6.04 Å². The van der Waals surface area contributed by atoms with Crippen molar-refractivity contribution in [3.8, 4) is 6.07 Å². The van der Waals surface area contributed by atoms with Crippen LogP contribution in [0.2, 0.25) is 0 Å². The average Bonchev–Trinajstić information content (AvgIpc) is 1.94. The molecule has 0 radical (unpaired) electrons. The molecule has 0 aromatic carbocycles. The molecule has 1 aliphatic rings. The number of halogens is 1. The second-order valence-corrected chi connectivity index (χ2v) is 2.55. The van der Waals surface area contributed by atoms with Gasteiger partial charge in [-0.3, -0.25) is 0 Å². The molecule has 0 bridgehead atoms. The van der Waals surface area contributed by atoms with Gasteiger partial charge in [0.15, 0.2) is 0 Å². The van der Waals surface area contributed by atoms with E-state index in [0.29, 0.717) is 10.6 Å². The van der Waals surface area contributed by atoms with Gasteiger partial charge in [-0.2, -0.15) is 5.26 Å². The van der Waals surface area contributed by atoms with E-state index in [1.54, 1.807) is 12.2 Å². The first-order valence-corrected chi connectivity index (χ1v) is 3.35. The molecule has 0 spiro atoms. The summed E-state index contributed by atoms with van der Waals surface area (Å²) in [4.78, 5) is 0. The molecular weight excluding hydrogens is 148 g/mol. The Hall–Kier alpha value is -0.780. The summed E-state index contributed by atoms with van der Waals surface area (Å²) >= 11 is 5.66. The molecule has 0 amide bonds. The first-order valence-electron chi connectivity index (χ1n) is 2.97. The van der Waals surface area contributed by atoms with Crippen molar-refractivity contribution in [1.82, 2.24) is 0 Å². The third-order valence-electron chi connectivity index (χ3n) is 1.33. The molecule has 1 atom stereocenters. The lowest BCUT2D eigenvalue weighted by Gasteiger charge is -2.09. The molecule has 0 fully saturated rings. The smallest absolute Gasteiger partial charge is 0.100 e. The van der Waals surface area contributed by atoms with Gasteiger partial charge in [-0.1, -0.05) is 17.7 Å². The average molecular weight is 155 g/mol. The molecule has 1 aliphatic carbocycles. The third kappa shape index (κ3) is 1.38. The maximum atomic E-state index is 8.48. The summed E-state index contributed by atoms with van der Waals surface area (Å²) in [7, 11) is 0. The van der Waals surface area contributed by atoms with E-state index >= 15 is 0 Å². The Morgan fingerprint density at radius 2 is 2.50 bits per heavy atom. The SMILES string of the molecule is N#CC1=CC(N)CC=C1Cl. The summed E-state index contributed by atoms with van der Waals surface area (Å²) in [5.74, 6) is 0. The van der Waals surface area contributed by atoms with E-state index in [2.05, 4.69) is 0 Å². The van der Waals surface area contributed by atoms with E-state index < -0.39 is 0 Å². The van der Waals surface area contributed by atoms with Crippen LogP contribution in [0.25, 0.3) is 0 Å². The molecule has 2 N–H and O–H groups in total. The van der Waals surface area contributed by atoms with E-state index in [1.165, 1.54) is 0 Å². The normalized spacial score (nSPS) is 24.7. The van der Waals surface area contributed by atoms with Gasteiger partial charge >= 0.3 is 0 Å². The second-order valence-electron chi connectivity index (χ2n) is 2.14. The maximum absolute atomic E-state index is 8.48. The molecule has 2 nitrogen and oxygen atoms in total. The third-order valence-corrected chi connectivity index (χ3v) is 1.69. The van der Waals surface area contributed by atoms with Crippen LogP contribution in [0.5, 0.6) is 0 Å². The van der Waals surface area contributed by atoms with Crippen LogP contribution in [-0.4, -0.2) is 6.04 Å². The van der Waals surface area contributed by atoms with Crippen LogP contribution in [0.4, 0.5) is 0 Å². The lowest BCUT2D eigenvalue weighted by atomic mass is 10.0. The lowest BCUT2D eigenvalue weighted by Crippen LogP contribution is -2.18. The minimum absolute atomic E-state index is 0.0443. The highest BCUT2D eigenvalue weighted by Gasteiger charge is 2.09. The van der Waals surface area contributed by atoms with Crippen LogP contribution in [0.3, 0.4) is 0 Å². The summed E-state index contributed by atoms with van der Waals surface area (Å²) in [6, 6.07) is 1.92. The van der Waals surface area contributed by atoms with E-state index in [9.17, 15) is 0 Å². The highest BCUT2D eigenvalue weighted by atomic mass is 35.5. The zero-order chi connectivity index (χ0) is 7.56. The first-order chi connectivity index (χ1) is 4.74. The Morgan fingerprint density at radius 3 is 3.00 bits per heavy atom. The Bertz CT molecular complexity index is 234. The summed E-state index contributed by atoms with van der Waals surface area (Å²) in [6.07, 6.45) is 4.18. The number of hydrogen-bond acceptors (Lipinski definition) is 2. The molecule has 52 valence electrons. The molecule has 0 saturated carbocycles. The van der Waals surface area contributed by atoms with Crippen LogP contribution >= 0.6 is 11.6 Å². The first kappa shape index (κ1) is 7.33. The number of allylic oxidation sites excluding steroid dienone is 2. The molecule has 1 rings (SSSR count). The summed E-state index contributed by atoms with van der Waals surface area (Å²) in [5.41, 5.74) is 6.02. The Labute approximate surface area is 64.6 Å². The fourth-order valence-electron chi connectivity index (χ4n) is 0.802. The molecule has 0 aliphatic heterocycles. The van der Waals surface area contributed by atoms with E-state index in [0.717, 1.165) is 6.42 Å². The fraction of sp³-hybridized carbons (Fsp3) is 0.286. The van der Waals surface area contributed by atoms with Gasteiger partial charge in [-0.25, -0.2) is 0 Å². The van der Waals surface area contributed by atoms with Crippen LogP contribution in [-0.2, 0) is 0 Å². The van der Waals surface area contributed by atoms with E-state index in [4.69, 9.17) is 22.6 Å². The van der Waals surface area contributed by atoms with Crippen LogP contribution < -0.4 is 5.73 Å². The number of nitriles is 1. The van der Waals surface area contributed by atoms with Crippen molar-refractivity contribution in [3.63, 3.8) is 0 Å². The summed E-state index contributed by atoms with van der Waals surface area (Å²) in [5, 5.41) is 9.00. The highest BCUT2D eigenvalue weighted by Crippen LogP contribution is 2.20. The number of rotatable bonds is 0. The minimum atomic E-state index is -0.0443. The molecule has 1 unspecified atom stereocenters. The minimum Gasteiger partial charge on any atom is -0.324 e. The zero-order valence-corrected chi connectivity index (χ0v) is 6.10. The molecule has 0 saturated heterocycles. The molecule has 10 heavy (non-hydrogen) atoms. The Balaban J connectivity index is 2.87. The largest absolute Gasteiger partial charge is 0.324 e. The van der Waals surface area contributed by atoms with Gasteiger partial charge in [0.1, 0.15) is 6.07 Å². The van der Waals surface area contributed by atoms with Crippen LogP contribution in [0.1, 0.15) is 6.42 Å². The van der Waals surface area contributed by atoms with Crippen molar-refractivity contribution in [3.05, 3.63) is 22.8 Å². The van der Waals surface area contributed by atoms with Gasteiger partial charge in [-0.05, 0) is 12.5 Å². The number of nitrogens with zero attached hydrogens (tertiary/aromatic N) is 1. The van der Waals surface area contributed by atoms with Crippen LogP contribution in [0, 0.1) is 11.3 Å². The zero-order valence-electron chi connectivity index (χ0n) is 5.34. The van der Waals surface area contributed by atoms with Crippen molar-refractivity contribution in [2.45, 2.75) is 12.5 Å². The number of nitrogens with two attached hydrogens (primary N) is 1. The topological polar surface area (TPSA) is 49.8 Å². The standard InChI is InChI=1S/C7H7ClN2/c8-7-2-1-6(10)3-5(7)4-9/h2-3,6H,1,10H2. The molecule has 3 heteroatoms. The predicted octanol–water partition coefficient (Wildman–Crippen LogP) is 1.29. The second kappa shape index (κ2) is 2.87. The predicted molar refractivity (Wildman–Crippen MR) is 40.2 cm³/mol. The molecule has 0 aromatic rings. The maximum Gasteiger partial charge on any atom is 0.100 e. The molecule has 0 heterocycles. The molecular formula is C7H7ClN2. The Morgan fingerprint density at radius 1 is 1.80 bits per heavy atom.